The van der Waals surface area contributed by atoms with Crippen LogP contribution in [0.3, 0.4) is 0 Å². The summed E-state index contributed by atoms with van der Waals surface area (Å²) in [6.07, 6.45) is -4.55. The minimum atomic E-state index is -4.55. The Morgan fingerprint density at radius 1 is 1.15 bits per heavy atom. The fraction of sp³-hybridized carbons (Fsp3) is 0.278. The minimum Gasteiger partial charge on any atom is -0.324 e. The van der Waals surface area contributed by atoms with Crippen molar-refractivity contribution in [3.63, 3.8) is 0 Å². The first-order valence-corrected chi connectivity index (χ1v) is 8.46. The van der Waals surface area contributed by atoms with Crippen LogP contribution in [0.5, 0.6) is 0 Å². The van der Waals surface area contributed by atoms with E-state index >= 15 is 0 Å². The van der Waals surface area contributed by atoms with Crippen LogP contribution < -0.4 is 5.32 Å². The van der Waals surface area contributed by atoms with Crippen molar-refractivity contribution in [3.05, 3.63) is 63.6 Å². The van der Waals surface area contributed by atoms with E-state index in [-0.39, 0.29) is 5.69 Å². The van der Waals surface area contributed by atoms with Gasteiger partial charge in [-0.3, -0.25) is 9.69 Å². The molecule has 0 aromatic heterocycles. The summed E-state index contributed by atoms with van der Waals surface area (Å²) in [6, 6.07) is 9.22. The third-order valence-electron chi connectivity index (χ3n) is 3.89. The number of para-hydroxylation sites is 1. The molecule has 0 aliphatic carbocycles. The maximum absolute atomic E-state index is 13.0. The molecular weight excluding hydrogens is 388 g/mol. The maximum atomic E-state index is 13.0. The highest BCUT2D eigenvalue weighted by molar-refractivity contribution is 6.34. The third kappa shape index (κ3) is 5.37. The van der Waals surface area contributed by atoms with Crippen molar-refractivity contribution < 1.29 is 18.0 Å². The van der Waals surface area contributed by atoms with Crippen LogP contribution in [-0.2, 0) is 17.5 Å². The lowest BCUT2D eigenvalue weighted by atomic mass is 10.1. The van der Waals surface area contributed by atoms with Crippen LogP contribution in [0.15, 0.2) is 42.5 Å². The van der Waals surface area contributed by atoms with Gasteiger partial charge in [0, 0.05) is 16.6 Å². The molecule has 1 unspecified atom stereocenters. The number of halogens is 5. The van der Waals surface area contributed by atoms with Gasteiger partial charge in [0.2, 0.25) is 5.91 Å². The SMILES string of the molecule is CC(C(=O)Nc1ccccc1C(F)(F)F)N(C)Cc1cc(Cl)cc(Cl)c1. The largest absolute Gasteiger partial charge is 0.418 e. The molecule has 3 nitrogen and oxygen atoms in total. The molecule has 140 valence electrons. The lowest BCUT2D eigenvalue weighted by molar-refractivity contribution is -0.137. The van der Waals surface area contributed by atoms with Crippen molar-refractivity contribution in [3.8, 4) is 0 Å². The highest BCUT2D eigenvalue weighted by Gasteiger charge is 2.34. The number of rotatable bonds is 5. The topological polar surface area (TPSA) is 32.3 Å². The second-order valence-electron chi connectivity index (χ2n) is 5.90. The zero-order valence-corrected chi connectivity index (χ0v) is 15.6. The molecule has 0 heterocycles. The number of anilines is 1. The zero-order valence-electron chi connectivity index (χ0n) is 14.1. The van der Waals surface area contributed by atoms with E-state index < -0.39 is 23.7 Å². The molecule has 2 aromatic carbocycles. The van der Waals surface area contributed by atoms with Crippen molar-refractivity contribution in [2.45, 2.75) is 25.7 Å². The van der Waals surface area contributed by atoms with Gasteiger partial charge in [-0.2, -0.15) is 13.2 Å². The van der Waals surface area contributed by atoms with Gasteiger partial charge in [-0.15, -0.1) is 0 Å². The van der Waals surface area contributed by atoms with Crippen molar-refractivity contribution in [1.82, 2.24) is 4.90 Å². The number of likely N-dealkylation sites (N-methyl/N-ethyl adjacent to an activating group) is 1. The molecule has 26 heavy (non-hydrogen) atoms. The number of hydrogen-bond acceptors (Lipinski definition) is 2. The average Bonchev–Trinajstić information content (AvgIpc) is 2.52. The second-order valence-corrected chi connectivity index (χ2v) is 6.77. The van der Waals surface area contributed by atoms with Gasteiger partial charge in [0.1, 0.15) is 0 Å². The smallest absolute Gasteiger partial charge is 0.324 e. The second kappa shape index (κ2) is 8.29. The standard InChI is InChI=1S/C18H17Cl2F3N2O/c1-11(25(2)10-12-7-13(19)9-14(20)8-12)17(26)24-16-6-4-3-5-15(16)18(21,22)23/h3-9,11H,10H2,1-2H3,(H,24,26). The molecule has 8 heteroatoms. The van der Waals surface area contributed by atoms with E-state index in [9.17, 15) is 18.0 Å². The first-order chi connectivity index (χ1) is 12.1. The molecule has 0 aliphatic heterocycles. The van der Waals surface area contributed by atoms with E-state index in [1.54, 1.807) is 37.1 Å². The molecule has 2 rings (SSSR count). The average molecular weight is 405 g/mol. The Balaban J connectivity index is 2.10. The Morgan fingerprint density at radius 3 is 2.31 bits per heavy atom. The van der Waals surface area contributed by atoms with Crippen molar-refractivity contribution >= 4 is 34.8 Å². The van der Waals surface area contributed by atoms with Crippen LogP contribution >= 0.6 is 23.2 Å². The predicted molar refractivity (Wildman–Crippen MR) is 97.5 cm³/mol. The maximum Gasteiger partial charge on any atom is 0.418 e. The van der Waals surface area contributed by atoms with Crippen LogP contribution in [0.2, 0.25) is 10.0 Å². The number of nitrogens with one attached hydrogen (secondary N) is 1. The zero-order chi connectivity index (χ0) is 19.5. The number of hydrogen-bond donors (Lipinski definition) is 1. The highest BCUT2D eigenvalue weighted by Crippen LogP contribution is 2.34. The molecule has 0 radical (unpaired) electrons. The summed E-state index contributed by atoms with van der Waals surface area (Å²) in [7, 11) is 1.69. The Labute approximate surface area is 159 Å². The van der Waals surface area contributed by atoms with Gasteiger partial charge in [0.25, 0.3) is 0 Å². The van der Waals surface area contributed by atoms with Crippen LogP contribution in [0.25, 0.3) is 0 Å². The molecule has 0 saturated carbocycles. The summed E-state index contributed by atoms with van der Waals surface area (Å²) in [5, 5.41) is 3.29. The first-order valence-electron chi connectivity index (χ1n) is 7.70. The fourth-order valence-electron chi connectivity index (χ4n) is 2.40. The number of amides is 1. The highest BCUT2D eigenvalue weighted by atomic mass is 35.5. The minimum absolute atomic E-state index is 0.268. The normalized spacial score (nSPS) is 12.9. The summed E-state index contributed by atoms with van der Waals surface area (Å²) >= 11 is 11.9. The van der Waals surface area contributed by atoms with Crippen molar-refractivity contribution in [2.24, 2.45) is 0 Å². The molecule has 0 saturated heterocycles. The molecule has 1 N–H and O–H groups in total. The van der Waals surface area contributed by atoms with Crippen LogP contribution in [0.1, 0.15) is 18.1 Å². The van der Waals surface area contributed by atoms with Gasteiger partial charge < -0.3 is 5.32 Å². The van der Waals surface area contributed by atoms with Gasteiger partial charge in [-0.1, -0.05) is 35.3 Å². The van der Waals surface area contributed by atoms with E-state index in [0.29, 0.717) is 16.6 Å². The van der Waals surface area contributed by atoms with Gasteiger partial charge >= 0.3 is 6.18 Å². The Bertz CT molecular complexity index is 776. The number of carbonyl (C=O) groups excluding carboxylic acids is 1. The first kappa shape index (κ1) is 20.6. The third-order valence-corrected chi connectivity index (χ3v) is 4.32. The predicted octanol–water partition coefficient (Wildman–Crippen LogP) is 5.47. The quantitative estimate of drug-likeness (QED) is 0.716. The number of alkyl halides is 3. The summed E-state index contributed by atoms with van der Waals surface area (Å²) in [5.74, 6) is -0.544. The van der Waals surface area contributed by atoms with Gasteiger partial charge in [0.05, 0.1) is 17.3 Å². The molecule has 0 spiro atoms. The molecule has 1 amide bonds. The van der Waals surface area contributed by atoms with E-state index in [4.69, 9.17) is 23.2 Å². The van der Waals surface area contributed by atoms with Gasteiger partial charge in [-0.05, 0) is 49.9 Å². The van der Waals surface area contributed by atoms with Gasteiger partial charge in [-0.25, -0.2) is 0 Å². The number of carbonyl (C=O) groups is 1. The molecule has 0 bridgehead atoms. The molecule has 1 atom stereocenters. The lowest BCUT2D eigenvalue weighted by Crippen LogP contribution is -2.39. The van der Waals surface area contributed by atoms with Crippen LogP contribution in [0, 0.1) is 0 Å². The lowest BCUT2D eigenvalue weighted by Gasteiger charge is -2.24. The molecule has 0 aliphatic rings. The number of nitrogens with zero attached hydrogens (tertiary/aromatic N) is 1. The fourth-order valence-corrected chi connectivity index (χ4v) is 2.98. The van der Waals surface area contributed by atoms with Crippen LogP contribution in [0.4, 0.5) is 18.9 Å². The van der Waals surface area contributed by atoms with Crippen molar-refractivity contribution in [2.75, 3.05) is 12.4 Å². The van der Waals surface area contributed by atoms with E-state index in [1.165, 1.54) is 18.2 Å². The van der Waals surface area contributed by atoms with E-state index in [0.717, 1.165) is 11.6 Å². The Kier molecular flexibility index (Phi) is 6.55. The van der Waals surface area contributed by atoms with Gasteiger partial charge in [0.15, 0.2) is 0 Å². The summed E-state index contributed by atoms with van der Waals surface area (Å²) < 4.78 is 39.1. The summed E-state index contributed by atoms with van der Waals surface area (Å²) in [4.78, 5) is 14.1. The summed E-state index contributed by atoms with van der Waals surface area (Å²) in [6.45, 7) is 1.97. The molecule has 0 fully saturated rings. The molecular formula is C18H17Cl2F3N2O. The summed E-state index contributed by atoms with van der Waals surface area (Å²) in [5.41, 5.74) is -0.360. The number of benzene rings is 2. The monoisotopic (exact) mass is 404 g/mol. The Morgan fingerprint density at radius 2 is 1.73 bits per heavy atom. The van der Waals surface area contributed by atoms with Crippen LogP contribution in [-0.4, -0.2) is 23.9 Å². The van der Waals surface area contributed by atoms with E-state index in [1.807, 2.05) is 0 Å². The van der Waals surface area contributed by atoms with E-state index in [2.05, 4.69) is 5.32 Å². The van der Waals surface area contributed by atoms with Crippen molar-refractivity contribution in [1.29, 1.82) is 0 Å². The Hall–Kier alpha value is -1.76. The molecule has 2 aromatic rings.